The quantitative estimate of drug-likeness (QED) is 0.810. The van der Waals surface area contributed by atoms with Crippen molar-refractivity contribution in [3.05, 3.63) is 0 Å². The summed E-state index contributed by atoms with van der Waals surface area (Å²) in [6.07, 6.45) is 8.04. The van der Waals surface area contributed by atoms with E-state index in [1.54, 1.807) is 0 Å². The summed E-state index contributed by atoms with van der Waals surface area (Å²) in [5, 5.41) is 0. The minimum atomic E-state index is 0.164. The number of nitrogens with two attached hydrogens (primary N) is 1. The van der Waals surface area contributed by atoms with Crippen molar-refractivity contribution in [1.82, 2.24) is 14.7 Å². The zero-order chi connectivity index (χ0) is 18.1. The predicted octanol–water partition coefficient (Wildman–Crippen LogP) is 0.907. The van der Waals surface area contributed by atoms with Crippen LogP contribution in [0, 0.1) is 17.8 Å². The molecule has 2 heterocycles. The standard InChI is InChI=1S/C20H34N4O2/c21-19-15-4-3-5-16(19)13-17(12-15)20(26)24-10-8-23(9-11-24)18(25)14-22-6-1-2-7-22/h15-17,19H,1-14,21H2. The lowest BCUT2D eigenvalue weighted by Gasteiger charge is -2.45. The maximum Gasteiger partial charge on any atom is 0.236 e. The Balaban J connectivity index is 1.26. The molecule has 0 aromatic rings. The number of likely N-dealkylation sites (tertiary alicyclic amines) is 1. The SMILES string of the molecule is NC1C2CCCC1CC(C(=O)N1CCN(C(=O)CN3CCCC3)CC1)C2. The first-order valence-corrected chi connectivity index (χ1v) is 10.7. The molecule has 2 atom stereocenters. The van der Waals surface area contributed by atoms with E-state index >= 15 is 0 Å². The van der Waals surface area contributed by atoms with Crippen LogP contribution in [0.15, 0.2) is 0 Å². The molecule has 0 spiro atoms. The zero-order valence-electron chi connectivity index (χ0n) is 15.9. The van der Waals surface area contributed by atoms with Gasteiger partial charge in [0.2, 0.25) is 11.8 Å². The molecule has 4 aliphatic rings. The molecule has 26 heavy (non-hydrogen) atoms. The molecule has 0 radical (unpaired) electrons. The molecule has 2 N–H and O–H groups in total. The minimum Gasteiger partial charge on any atom is -0.339 e. The molecule has 2 bridgehead atoms. The van der Waals surface area contributed by atoms with Crippen molar-refractivity contribution in [3.63, 3.8) is 0 Å². The molecule has 6 nitrogen and oxygen atoms in total. The number of fused-ring (bicyclic) bond motifs is 2. The lowest BCUT2D eigenvalue weighted by molar-refractivity contribution is -0.144. The van der Waals surface area contributed by atoms with E-state index in [4.69, 9.17) is 5.73 Å². The molecule has 146 valence electrons. The fourth-order valence-electron chi connectivity index (χ4n) is 5.66. The van der Waals surface area contributed by atoms with Crippen LogP contribution in [0.1, 0.15) is 44.9 Å². The number of amides is 2. The van der Waals surface area contributed by atoms with Gasteiger partial charge in [-0.1, -0.05) is 6.42 Å². The minimum absolute atomic E-state index is 0.164. The van der Waals surface area contributed by atoms with Gasteiger partial charge in [-0.05, 0) is 63.5 Å². The fourth-order valence-corrected chi connectivity index (χ4v) is 5.66. The van der Waals surface area contributed by atoms with Gasteiger partial charge < -0.3 is 15.5 Å². The van der Waals surface area contributed by atoms with Gasteiger partial charge in [-0.3, -0.25) is 14.5 Å². The van der Waals surface area contributed by atoms with Crippen molar-refractivity contribution in [1.29, 1.82) is 0 Å². The topological polar surface area (TPSA) is 69.9 Å². The summed E-state index contributed by atoms with van der Waals surface area (Å²) in [7, 11) is 0. The summed E-state index contributed by atoms with van der Waals surface area (Å²) in [6.45, 7) is 5.43. The number of carbonyl (C=O) groups excluding carboxylic acids is 2. The monoisotopic (exact) mass is 362 g/mol. The molecular weight excluding hydrogens is 328 g/mol. The molecule has 2 saturated heterocycles. The van der Waals surface area contributed by atoms with Gasteiger partial charge in [-0.2, -0.15) is 0 Å². The molecule has 0 aromatic carbocycles. The van der Waals surface area contributed by atoms with Gasteiger partial charge in [0, 0.05) is 38.1 Å². The zero-order valence-corrected chi connectivity index (χ0v) is 15.9. The van der Waals surface area contributed by atoms with E-state index in [0.717, 1.165) is 25.9 Å². The summed E-state index contributed by atoms with van der Waals surface area (Å²) in [5.41, 5.74) is 6.37. The van der Waals surface area contributed by atoms with Gasteiger partial charge in [0.25, 0.3) is 0 Å². The van der Waals surface area contributed by atoms with Crippen LogP contribution in [-0.4, -0.2) is 78.4 Å². The fraction of sp³-hybridized carbons (Fsp3) is 0.900. The Kier molecular flexibility index (Phi) is 5.50. The summed E-state index contributed by atoms with van der Waals surface area (Å²) in [4.78, 5) is 31.7. The Bertz CT molecular complexity index is 512. The average Bonchev–Trinajstić information content (AvgIpc) is 3.14. The normalized spacial score (nSPS) is 35.6. The molecule has 4 rings (SSSR count). The highest BCUT2D eigenvalue weighted by Gasteiger charge is 2.42. The second-order valence-corrected chi connectivity index (χ2v) is 8.89. The third-order valence-corrected chi connectivity index (χ3v) is 7.26. The largest absolute Gasteiger partial charge is 0.339 e. The first-order valence-electron chi connectivity index (χ1n) is 10.7. The molecule has 2 unspecified atom stereocenters. The van der Waals surface area contributed by atoms with Crippen LogP contribution in [0.4, 0.5) is 0 Å². The van der Waals surface area contributed by atoms with E-state index in [-0.39, 0.29) is 11.8 Å². The smallest absolute Gasteiger partial charge is 0.236 e. The van der Waals surface area contributed by atoms with Crippen LogP contribution in [0.5, 0.6) is 0 Å². The van der Waals surface area contributed by atoms with E-state index < -0.39 is 0 Å². The first-order chi connectivity index (χ1) is 12.6. The maximum absolute atomic E-state index is 13.0. The summed E-state index contributed by atoms with van der Waals surface area (Å²) < 4.78 is 0. The van der Waals surface area contributed by atoms with Crippen molar-refractivity contribution < 1.29 is 9.59 Å². The Labute approximate surface area is 157 Å². The van der Waals surface area contributed by atoms with Gasteiger partial charge >= 0.3 is 0 Å². The van der Waals surface area contributed by atoms with Crippen molar-refractivity contribution in [2.75, 3.05) is 45.8 Å². The van der Waals surface area contributed by atoms with E-state index in [0.29, 0.717) is 56.5 Å². The molecule has 6 heteroatoms. The number of hydrogen-bond acceptors (Lipinski definition) is 4. The number of nitrogens with zero attached hydrogens (tertiary/aromatic N) is 3. The van der Waals surface area contributed by atoms with E-state index in [1.807, 2.05) is 9.80 Å². The van der Waals surface area contributed by atoms with E-state index in [1.165, 1.54) is 32.1 Å². The van der Waals surface area contributed by atoms with Crippen LogP contribution in [0.2, 0.25) is 0 Å². The second kappa shape index (κ2) is 7.85. The van der Waals surface area contributed by atoms with Crippen LogP contribution < -0.4 is 5.73 Å². The second-order valence-electron chi connectivity index (χ2n) is 8.89. The van der Waals surface area contributed by atoms with Crippen molar-refractivity contribution in [3.8, 4) is 0 Å². The molecule has 2 aliphatic carbocycles. The highest BCUT2D eigenvalue weighted by molar-refractivity contribution is 5.81. The molecule has 4 fully saturated rings. The van der Waals surface area contributed by atoms with Crippen molar-refractivity contribution >= 4 is 11.8 Å². The molecule has 2 aliphatic heterocycles. The molecule has 0 aromatic heterocycles. The van der Waals surface area contributed by atoms with Crippen LogP contribution >= 0.6 is 0 Å². The third-order valence-electron chi connectivity index (χ3n) is 7.26. The molecule has 2 amide bonds. The van der Waals surface area contributed by atoms with Gasteiger partial charge in [-0.25, -0.2) is 0 Å². The Morgan fingerprint density at radius 2 is 1.38 bits per heavy atom. The maximum atomic E-state index is 13.0. The number of hydrogen-bond donors (Lipinski definition) is 1. The van der Waals surface area contributed by atoms with Gasteiger partial charge in [0.15, 0.2) is 0 Å². The van der Waals surface area contributed by atoms with Gasteiger partial charge in [0.05, 0.1) is 6.54 Å². The highest BCUT2D eigenvalue weighted by atomic mass is 16.2. The summed E-state index contributed by atoms with van der Waals surface area (Å²) in [6, 6.07) is 0.313. The molecular formula is C20H34N4O2. The predicted molar refractivity (Wildman–Crippen MR) is 100 cm³/mol. The van der Waals surface area contributed by atoms with Crippen molar-refractivity contribution in [2.45, 2.75) is 51.0 Å². The van der Waals surface area contributed by atoms with Crippen LogP contribution in [0.3, 0.4) is 0 Å². The number of rotatable bonds is 3. The Morgan fingerprint density at radius 3 is 2.00 bits per heavy atom. The number of piperazine rings is 1. The third kappa shape index (κ3) is 3.77. The highest BCUT2D eigenvalue weighted by Crippen LogP contribution is 2.42. The Hall–Kier alpha value is -1.14. The van der Waals surface area contributed by atoms with Crippen LogP contribution in [-0.2, 0) is 9.59 Å². The van der Waals surface area contributed by atoms with E-state index in [9.17, 15) is 9.59 Å². The van der Waals surface area contributed by atoms with Gasteiger partial charge in [0.1, 0.15) is 0 Å². The summed E-state index contributed by atoms with van der Waals surface area (Å²) >= 11 is 0. The first kappa shape index (κ1) is 18.2. The van der Waals surface area contributed by atoms with Crippen LogP contribution in [0.25, 0.3) is 0 Å². The number of carbonyl (C=O) groups is 2. The lowest BCUT2D eigenvalue weighted by Crippen LogP contribution is -2.55. The van der Waals surface area contributed by atoms with E-state index in [2.05, 4.69) is 4.90 Å². The average molecular weight is 363 g/mol. The molecule has 2 saturated carbocycles. The van der Waals surface area contributed by atoms with Gasteiger partial charge in [-0.15, -0.1) is 0 Å². The summed E-state index contributed by atoms with van der Waals surface area (Å²) in [5.74, 6) is 1.80. The van der Waals surface area contributed by atoms with Crippen molar-refractivity contribution in [2.24, 2.45) is 23.5 Å². The Morgan fingerprint density at radius 1 is 0.808 bits per heavy atom. The lowest BCUT2D eigenvalue weighted by atomic mass is 9.65.